The molecule has 1 N–H and O–H groups in total. The van der Waals surface area contributed by atoms with E-state index in [1.807, 2.05) is 66.7 Å². The quantitative estimate of drug-likeness (QED) is 0.392. The van der Waals surface area contributed by atoms with E-state index in [-0.39, 0.29) is 19.3 Å². The molecule has 5 rings (SSSR count). The third-order valence-electron chi connectivity index (χ3n) is 5.24. The van der Waals surface area contributed by atoms with Gasteiger partial charge in [-0.3, -0.25) is 4.79 Å². The molecule has 4 aromatic carbocycles. The van der Waals surface area contributed by atoms with E-state index in [0.29, 0.717) is 23.6 Å². The van der Waals surface area contributed by atoms with E-state index < -0.39 is 5.97 Å². The zero-order chi connectivity index (χ0) is 21.2. The van der Waals surface area contributed by atoms with Crippen LogP contribution < -0.4 is 14.8 Å². The van der Waals surface area contributed by atoms with Gasteiger partial charge in [0.15, 0.2) is 18.1 Å². The SMILES string of the molecule is O=C(COC(=O)c1c2ccccc2cc2ccccc12)NCc1ccc2c(c1)OCO2. The number of carbonyl (C=O) groups is 2. The molecule has 0 fully saturated rings. The van der Waals surface area contributed by atoms with Gasteiger partial charge in [0, 0.05) is 6.54 Å². The Morgan fingerprint density at radius 1 is 0.839 bits per heavy atom. The Bertz CT molecular complexity index is 1260. The van der Waals surface area contributed by atoms with E-state index in [0.717, 1.165) is 27.1 Å². The summed E-state index contributed by atoms with van der Waals surface area (Å²) >= 11 is 0. The molecule has 6 nitrogen and oxygen atoms in total. The Morgan fingerprint density at radius 2 is 1.52 bits per heavy atom. The highest BCUT2D eigenvalue weighted by Gasteiger charge is 2.18. The van der Waals surface area contributed by atoms with Crippen molar-refractivity contribution in [1.29, 1.82) is 0 Å². The van der Waals surface area contributed by atoms with Crippen molar-refractivity contribution in [3.05, 3.63) is 83.9 Å². The lowest BCUT2D eigenvalue weighted by molar-refractivity contribution is -0.124. The number of nitrogens with one attached hydrogen (secondary N) is 1. The van der Waals surface area contributed by atoms with Gasteiger partial charge in [-0.05, 0) is 45.3 Å². The van der Waals surface area contributed by atoms with E-state index in [9.17, 15) is 9.59 Å². The summed E-state index contributed by atoms with van der Waals surface area (Å²) in [7, 11) is 0. The van der Waals surface area contributed by atoms with E-state index in [1.54, 1.807) is 6.07 Å². The third kappa shape index (κ3) is 3.75. The van der Waals surface area contributed by atoms with Gasteiger partial charge in [-0.2, -0.15) is 0 Å². The second-order valence-electron chi connectivity index (χ2n) is 7.23. The Morgan fingerprint density at radius 3 is 2.26 bits per heavy atom. The number of rotatable bonds is 5. The van der Waals surface area contributed by atoms with Crippen molar-refractivity contribution in [2.75, 3.05) is 13.4 Å². The van der Waals surface area contributed by atoms with Crippen LogP contribution in [0.25, 0.3) is 21.5 Å². The molecule has 1 amide bonds. The van der Waals surface area contributed by atoms with Gasteiger partial charge in [-0.15, -0.1) is 0 Å². The monoisotopic (exact) mass is 413 g/mol. The van der Waals surface area contributed by atoms with Gasteiger partial charge in [0.25, 0.3) is 5.91 Å². The summed E-state index contributed by atoms with van der Waals surface area (Å²) < 4.78 is 16.0. The Labute approximate surface area is 178 Å². The molecule has 0 saturated carbocycles. The van der Waals surface area contributed by atoms with Gasteiger partial charge in [-0.25, -0.2) is 4.79 Å². The van der Waals surface area contributed by atoms with Crippen LogP contribution in [0.4, 0.5) is 0 Å². The highest BCUT2D eigenvalue weighted by molar-refractivity contribution is 6.16. The molecule has 1 aliphatic heterocycles. The molecule has 4 aromatic rings. The van der Waals surface area contributed by atoms with Crippen molar-refractivity contribution in [3.63, 3.8) is 0 Å². The van der Waals surface area contributed by atoms with Gasteiger partial charge in [-0.1, -0.05) is 54.6 Å². The van der Waals surface area contributed by atoms with Crippen LogP contribution in [0.5, 0.6) is 11.5 Å². The summed E-state index contributed by atoms with van der Waals surface area (Å²) in [6, 6.07) is 22.8. The van der Waals surface area contributed by atoms with E-state index >= 15 is 0 Å². The van der Waals surface area contributed by atoms with E-state index in [1.165, 1.54) is 0 Å². The highest BCUT2D eigenvalue weighted by Crippen LogP contribution is 2.32. The summed E-state index contributed by atoms with van der Waals surface area (Å²) in [5.41, 5.74) is 1.33. The van der Waals surface area contributed by atoms with Gasteiger partial charge >= 0.3 is 5.97 Å². The van der Waals surface area contributed by atoms with Crippen LogP contribution >= 0.6 is 0 Å². The molecule has 0 aliphatic carbocycles. The van der Waals surface area contributed by atoms with Crippen LogP contribution in [0.1, 0.15) is 15.9 Å². The van der Waals surface area contributed by atoms with Crippen molar-refractivity contribution < 1.29 is 23.8 Å². The first-order valence-corrected chi connectivity index (χ1v) is 9.92. The smallest absolute Gasteiger partial charge is 0.339 e. The summed E-state index contributed by atoms with van der Waals surface area (Å²) in [5.74, 6) is 0.439. The van der Waals surface area contributed by atoms with E-state index in [2.05, 4.69) is 5.32 Å². The molecule has 0 aromatic heterocycles. The average Bonchev–Trinajstić information content (AvgIpc) is 3.27. The Balaban J connectivity index is 1.29. The molecule has 0 bridgehead atoms. The molecular weight excluding hydrogens is 394 g/mol. The van der Waals surface area contributed by atoms with Crippen LogP contribution in [0, 0.1) is 0 Å². The maximum Gasteiger partial charge on any atom is 0.339 e. The fourth-order valence-corrected chi connectivity index (χ4v) is 3.74. The van der Waals surface area contributed by atoms with Gasteiger partial charge in [0.1, 0.15) is 0 Å². The standard InChI is InChI=1S/C25H19NO5/c27-23(26-13-16-9-10-21-22(11-16)31-15-30-21)14-29-25(28)24-19-7-3-1-5-17(19)12-18-6-2-4-8-20(18)24/h1-12H,13-15H2,(H,26,27). The minimum absolute atomic E-state index is 0.198. The topological polar surface area (TPSA) is 73.9 Å². The molecular formula is C25H19NO5. The first kappa shape index (κ1) is 18.9. The van der Waals surface area contributed by atoms with E-state index in [4.69, 9.17) is 14.2 Å². The maximum absolute atomic E-state index is 12.9. The molecule has 1 aliphatic rings. The molecule has 0 saturated heterocycles. The lowest BCUT2D eigenvalue weighted by atomic mass is 9.97. The van der Waals surface area contributed by atoms with Crippen LogP contribution in [0.3, 0.4) is 0 Å². The number of esters is 1. The number of ether oxygens (including phenoxy) is 3. The van der Waals surface area contributed by atoms with Crippen LogP contribution in [-0.4, -0.2) is 25.3 Å². The molecule has 0 atom stereocenters. The second kappa shape index (κ2) is 7.99. The maximum atomic E-state index is 12.9. The summed E-state index contributed by atoms with van der Waals surface area (Å²) in [4.78, 5) is 25.2. The predicted octanol–water partition coefficient (Wildman–Crippen LogP) is 4.19. The minimum atomic E-state index is -0.522. The number of hydrogen-bond acceptors (Lipinski definition) is 5. The molecule has 0 radical (unpaired) electrons. The minimum Gasteiger partial charge on any atom is -0.454 e. The Hall–Kier alpha value is -4.06. The van der Waals surface area contributed by atoms with Gasteiger partial charge in [0.05, 0.1) is 5.56 Å². The Kier molecular flexibility index (Phi) is 4.88. The number of fused-ring (bicyclic) bond motifs is 3. The lowest BCUT2D eigenvalue weighted by Crippen LogP contribution is -2.28. The largest absolute Gasteiger partial charge is 0.454 e. The zero-order valence-electron chi connectivity index (χ0n) is 16.6. The number of amides is 1. The average molecular weight is 413 g/mol. The highest BCUT2D eigenvalue weighted by atomic mass is 16.7. The van der Waals surface area contributed by atoms with Crippen molar-refractivity contribution in [2.24, 2.45) is 0 Å². The fourth-order valence-electron chi connectivity index (χ4n) is 3.74. The van der Waals surface area contributed by atoms with Gasteiger partial charge in [0.2, 0.25) is 6.79 Å². The van der Waals surface area contributed by atoms with Crippen LogP contribution in [0.2, 0.25) is 0 Å². The second-order valence-corrected chi connectivity index (χ2v) is 7.23. The molecule has 1 heterocycles. The molecule has 6 heteroatoms. The number of hydrogen-bond donors (Lipinski definition) is 1. The summed E-state index contributed by atoms with van der Waals surface area (Å²) in [6.45, 7) is 0.134. The fraction of sp³-hybridized carbons (Fsp3) is 0.120. The summed E-state index contributed by atoms with van der Waals surface area (Å²) in [6.07, 6.45) is 0. The van der Waals surface area contributed by atoms with Crippen LogP contribution in [0.15, 0.2) is 72.8 Å². The zero-order valence-corrected chi connectivity index (χ0v) is 16.6. The van der Waals surface area contributed by atoms with Crippen LogP contribution in [-0.2, 0) is 16.1 Å². The molecule has 31 heavy (non-hydrogen) atoms. The third-order valence-corrected chi connectivity index (χ3v) is 5.24. The van der Waals surface area contributed by atoms with Crippen molar-refractivity contribution >= 4 is 33.4 Å². The van der Waals surface area contributed by atoms with Crippen molar-refractivity contribution in [2.45, 2.75) is 6.54 Å². The first-order chi connectivity index (χ1) is 15.2. The lowest BCUT2D eigenvalue weighted by Gasteiger charge is -2.12. The molecule has 0 spiro atoms. The van der Waals surface area contributed by atoms with Gasteiger partial charge < -0.3 is 19.5 Å². The normalized spacial score (nSPS) is 12.1. The number of carbonyl (C=O) groups excluding carboxylic acids is 2. The number of benzene rings is 4. The molecule has 154 valence electrons. The van der Waals surface area contributed by atoms with Crippen molar-refractivity contribution in [3.8, 4) is 11.5 Å². The first-order valence-electron chi connectivity index (χ1n) is 9.92. The van der Waals surface area contributed by atoms with Crippen molar-refractivity contribution in [1.82, 2.24) is 5.32 Å². The summed E-state index contributed by atoms with van der Waals surface area (Å²) in [5, 5.41) is 6.24. The molecule has 0 unspecified atom stereocenters. The predicted molar refractivity (Wildman–Crippen MR) is 116 cm³/mol.